The Morgan fingerprint density at radius 1 is 1.24 bits per heavy atom. The van der Waals surface area contributed by atoms with E-state index in [9.17, 15) is 14.9 Å². The average Bonchev–Trinajstić information content (AvgIpc) is 3.48. The lowest BCUT2D eigenvalue weighted by Gasteiger charge is -2.30. The fraction of sp³-hybridized carbons (Fsp3) is 0.333. The molecule has 8 heteroatoms. The molecule has 3 atom stereocenters. The quantitative estimate of drug-likeness (QED) is 0.288. The van der Waals surface area contributed by atoms with E-state index in [1.165, 1.54) is 43.2 Å². The Morgan fingerprint density at radius 3 is 2.83 bits per heavy atom. The van der Waals surface area contributed by atoms with Crippen LogP contribution in [-0.4, -0.2) is 26.1 Å². The fourth-order valence-electron chi connectivity index (χ4n) is 4.78. The number of furan rings is 1. The summed E-state index contributed by atoms with van der Waals surface area (Å²) in [5, 5.41) is 11.0. The van der Waals surface area contributed by atoms with Gasteiger partial charge in [0.05, 0.1) is 9.83 Å². The molecule has 5 rings (SSSR count). The standard InChI is InChI=1S/C21H18N2O4S2/c24-20-19(29-21(28)22(20)17-9-12-4-5-13(17)8-12)11-16-6-7-18(27-16)14-2-1-3-15(10-14)23(25)26/h1-3,6-7,10-13,17H,4-5,8-9H2/b19-11+. The largest absolute Gasteiger partial charge is 0.457 e. The van der Waals surface area contributed by atoms with Gasteiger partial charge in [0, 0.05) is 29.8 Å². The summed E-state index contributed by atoms with van der Waals surface area (Å²) in [6.45, 7) is 0. The lowest BCUT2D eigenvalue weighted by molar-refractivity contribution is -0.384. The molecule has 2 heterocycles. The third-order valence-electron chi connectivity index (χ3n) is 6.10. The smallest absolute Gasteiger partial charge is 0.270 e. The molecule has 2 bridgehead atoms. The highest BCUT2D eigenvalue weighted by Gasteiger charge is 2.47. The van der Waals surface area contributed by atoms with Crippen LogP contribution in [0.1, 0.15) is 31.4 Å². The third kappa shape index (κ3) is 3.30. The molecule has 2 saturated carbocycles. The number of hydrogen-bond donors (Lipinski definition) is 0. The molecule has 1 saturated heterocycles. The van der Waals surface area contributed by atoms with Crippen LogP contribution in [0.15, 0.2) is 45.7 Å². The Kier molecular flexibility index (Phi) is 4.55. The maximum atomic E-state index is 13.0. The summed E-state index contributed by atoms with van der Waals surface area (Å²) in [4.78, 5) is 25.9. The summed E-state index contributed by atoms with van der Waals surface area (Å²) in [5.74, 6) is 2.32. The topological polar surface area (TPSA) is 76.6 Å². The predicted molar refractivity (Wildman–Crippen MR) is 115 cm³/mol. The predicted octanol–water partition coefficient (Wildman–Crippen LogP) is 5.24. The molecule has 0 radical (unpaired) electrons. The number of thioether (sulfide) groups is 1. The van der Waals surface area contributed by atoms with Crippen LogP contribution in [0.4, 0.5) is 5.69 Å². The van der Waals surface area contributed by atoms with E-state index < -0.39 is 4.92 Å². The molecule has 1 aliphatic heterocycles. The fourth-order valence-corrected chi connectivity index (χ4v) is 6.13. The molecular weight excluding hydrogens is 408 g/mol. The Balaban J connectivity index is 1.38. The van der Waals surface area contributed by atoms with Gasteiger partial charge in [0.2, 0.25) is 0 Å². The molecule has 2 aromatic rings. The number of rotatable bonds is 4. The van der Waals surface area contributed by atoms with Crippen molar-refractivity contribution >= 4 is 46.0 Å². The number of nitro benzene ring substituents is 1. The number of fused-ring (bicyclic) bond motifs is 2. The van der Waals surface area contributed by atoms with Crippen LogP contribution in [0, 0.1) is 22.0 Å². The van der Waals surface area contributed by atoms with Gasteiger partial charge in [0.1, 0.15) is 15.8 Å². The van der Waals surface area contributed by atoms with Gasteiger partial charge >= 0.3 is 0 Å². The molecule has 3 unspecified atom stereocenters. The number of non-ortho nitro benzene ring substituents is 1. The number of carbonyl (C=O) groups excluding carboxylic acids is 1. The van der Waals surface area contributed by atoms with E-state index in [0.717, 1.165) is 12.3 Å². The van der Waals surface area contributed by atoms with Gasteiger partial charge < -0.3 is 4.42 Å². The maximum Gasteiger partial charge on any atom is 0.270 e. The minimum absolute atomic E-state index is 0.00665. The van der Waals surface area contributed by atoms with Crippen molar-refractivity contribution in [3.05, 3.63) is 57.2 Å². The summed E-state index contributed by atoms with van der Waals surface area (Å²) in [6.07, 6.45) is 6.45. The summed E-state index contributed by atoms with van der Waals surface area (Å²) in [5.41, 5.74) is 0.626. The zero-order chi connectivity index (χ0) is 20.1. The van der Waals surface area contributed by atoms with Crippen molar-refractivity contribution in [2.24, 2.45) is 11.8 Å². The summed E-state index contributed by atoms with van der Waals surface area (Å²) in [6, 6.07) is 10.0. The second-order valence-corrected chi connectivity index (χ2v) is 9.48. The molecule has 3 aliphatic rings. The molecule has 3 fully saturated rings. The van der Waals surface area contributed by atoms with E-state index in [2.05, 4.69) is 0 Å². The van der Waals surface area contributed by atoms with Gasteiger partial charge in [-0.25, -0.2) is 0 Å². The van der Waals surface area contributed by atoms with E-state index in [1.807, 2.05) is 4.90 Å². The summed E-state index contributed by atoms with van der Waals surface area (Å²) >= 11 is 6.84. The van der Waals surface area contributed by atoms with Crippen LogP contribution in [0.3, 0.4) is 0 Å². The molecule has 2 aliphatic carbocycles. The van der Waals surface area contributed by atoms with Gasteiger partial charge in [0.25, 0.3) is 11.6 Å². The molecule has 1 aromatic heterocycles. The zero-order valence-corrected chi connectivity index (χ0v) is 17.1. The zero-order valence-electron chi connectivity index (χ0n) is 15.4. The van der Waals surface area contributed by atoms with Gasteiger partial charge in [-0.3, -0.25) is 19.8 Å². The number of nitrogens with zero attached hydrogens (tertiary/aromatic N) is 2. The Labute approximate surface area is 177 Å². The minimum atomic E-state index is -0.436. The lowest BCUT2D eigenvalue weighted by atomic mass is 9.94. The normalized spacial score (nSPS) is 27.4. The number of hydrogen-bond acceptors (Lipinski definition) is 6. The third-order valence-corrected chi connectivity index (χ3v) is 7.43. The van der Waals surface area contributed by atoms with Crippen molar-refractivity contribution in [2.45, 2.75) is 31.7 Å². The van der Waals surface area contributed by atoms with Gasteiger partial charge in [0.15, 0.2) is 0 Å². The highest BCUT2D eigenvalue weighted by atomic mass is 32.2. The second-order valence-electron chi connectivity index (χ2n) is 7.80. The number of thiocarbonyl (C=S) groups is 1. The molecule has 1 aromatic carbocycles. The second kappa shape index (κ2) is 7.11. The average molecular weight is 427 g/mol. The summed E-state index contributed by atoms with van der Waals surface area (Å²) in [7, 11) is 0. The van der Waals surface area contributed by atoms with Crippen molar-refractivity contribution in [2.75, 3.05) is 0 Å². The first-order valence-corrected chi connectivity index (χ1v) is 10.8. The number of benzene rings is 1. The van der Waals surface area contributed by atoms with E-state index in [4.69, 9.17) is 16.6 Å². The highest BCUT2D eigenvalue weighted by molar-refractivity contribution is 8.26. The highest BCUT2D eigenvalue weighted by Crippen LogP contribution is 2.49. The molecule has 29 heavy (non-hydrogen) atoms. The van der Waals surface area contributed by atoms with Gasteiger partial charge in [-0.15, -0.1) is 0 Å². The first kappa shape index (κ1) is 18.6. The molecule has 1 amide bonds. The lowest BCUT2D eigenvalue weighted by Crippen LogP contribution is -2.41. The van der Waals surface area contributed by atoms with Crippen LogP contribution in [0.5, 0.6) is 0 Å². The summed E-state index contributed by atoms with van der Waals surface area (Å²) < 4.78 is 6.46. The van der Waals surface area contributed by atoms with Crippen molar-refractivity contribution in [1.29, 1.82) is 0 Å². The molecular formula is C21H18N2O4S2. The number of nitro groups is 1. The molecule has 0 spiro atoms. The first-order chi connectivity index (χ1) is 14.0. The number of carbonyl (C=O) groups is 1. The number of amides is 1. The van der Waals surface area contributed by atoms with Crippen LogP contribution in [0.2, 0.25) is 0 Å². The minimum Gasteiger partial charge on any atom is -0.457 e. The van der Waals surface area contributed by atoms with Gasteiger partial charge in [-0.05, 0) is 43.2 Å². The molecule has 0 N–H and O–H groups in total. The SMILES string of the molecule is O=C1/C(=C\c2ccc(-c3cccc([N+](=O)[O-])c3)o2)SC(=S)N1C1CC2CCC1C2. The van der Waals surface area contributed by atoms with E-state index in [-0.39, 0.29) is 17.6 Å². The maximum absolute atomic E-state index is 13.0. The van der Waals surface area contributed by atoms with Gasteiger partial charge in [-0.1, -0.05) is 42.5 Å². The van der Waals surface area contributed by atoms with Crippen LogP contribution in [-0.2, 0) is 4.79 Å². The monoisotopic (exact) mass is 426 g/mol. The Hall–Kier alpha value is -2.45. The Bertz CT molecular complexity index is 1060. The van der Waals surface area contributed by atoms with E-state index >= 15 is 0 Å². The Morgan fingerprint density at radius 2 is 2.10 bits per heavy atom. The molecule has 6 nitrogen and oxygen atoms in total. The van der Waals surface area contributed by atoms with E-state index in [0.29, 0.717) is 32.2 Å². The van der Waals surface area contributed by atoms with Crippen LogP contribution < -0.4 is 0 Å². The van der Waals surface area contributed by atoms with E-state index in [1.54, 1.807) is 30.3 Å². The van der Waals surface area contributed by atoms with Gasteiger partial charge in [-0.2, -0.15) is 0 Å². The molecule has 148 valence electrons. The first-order valence-electron chi connectivity index (χ1n) is 9.61. The van der Waals surface area contributed by atoms with Crippen molar-refractivity contribution in [3.63, 3.8) is 0 Å². The van der Waals surface area contributed by atoms with Crippen molar-refractivity contribution in [1.82, 2.24) is 4.90 Å². The van der Waals surface area contributed by atoms with Crippen LogP contribution in [0.25, 0.3) is 17.4 Å². The van der Waals surface area contributed by atoms with Crippen LogP contribution >= 0.6 is 24.0 Å². The van der Waals surface area contributed by atoms with Crippen molar-refractivity contribution < 1.29 is 14.1 Å². The van der Waals surface area contributed by atoms with Crippen molar-refractivity contribution in [3.8, 4) is 11.3 Å².